The number of benzene rings is 1. The van der Waals surface area contributed by atoms with Gasteiger partial charge in [-0.15, -0.1) is 0 Å². The molecule has 3 aromatic rings. The number of pyridine rings is 1. The number of fused-ring (bicyclic) bond motifs is 1. The van der Waals surface area contributed by atoms with Gasteiger partial charge in [0.25, 0.3) is 0 Å². The molecule has 0 atom stereocenters. The molecule has 3 rings (SSSR count). The first-order chi connectivity index (χ1) is 9.78. The molecule has 0 amide bonds. The summed E-state index contributed by atoms with van der Waals surface area (Å²) in [5, 5.41) is 10.3. The largest absolute Gasteiger partial charge is 0.472 e. The topological polar surface area (TPSA) is 53.1 Å². The molecule has 98 valence electrons. The molecule has 0 saturated carbocycles. The molecule has 0 aliphatic rings. The van der Waals surface area contributed by atoms with Crippen molar-refractivity contribution in [3.63, 3.8) is 0 Å². The van der Waals surface area contributed by atoms with Gasteiger partial charge < -0.3 is 9.32 Å². The molecule has 4 heteroatoms. The molecule has 2 heterocycles. The fourth-order valence-corrected chi connectivity index (χ4v) is 2.21. The molecule has 20 heavy (non-hydrogen) atoms. The summed E-state index contributed by atoms with van der Waals surface area (Å²) in [6.07, 6.45) is 3.34. The summed E-state index contributed by atoms with van der Waals surface area (Å²) < 4.78 is 5.07. The van der Waals surface area contributed by atoms with E-state index in [-0.39, 0.29) is 0 Å². The van der Waals surface area contributed by atoms with Gasteiger partial charge in [0, 0.05) is 24.5 Å². The van der Waals surface area contributed by atoms with E-state index in [1.54, 1.807) is 12.5 Å². The number of para-hydroxylation sites is 1. The second-order valence-corrected chi connectivity index (χ2v) is 4.65. The summed E-state index contributed by atoms with van der Waals surface area (Å²) in [7, 11) is 1.92. The molecule has 0 aliphatic heterocycles. The van der Waals surface area contributed by atoms with Gasteiger partial charge in [-0.3, -0.25) is 0 Å². The van der Waals surface area contributed by atoms with Gasteiger partial charge in [0.15, 0.2) is 0 Å². The van der Waals surface area contributed by atoms with Crippen LogP contribution in [0.25, 0.3) is 10.9 Å². The highest BCUT2D eigenvalue weighted by atomic mass is 16.3. The first-order valence-corrected chi connectivity index (χ1v) is 6.30. The van der Waals surface area contributed by atoms with Gasteiger partial charge in [0.1, 0.15) is 11.9 Å². The minimum Gasteiger partial charge on any atom is -0.472 e. The van der Waals surface area contributed by atoms with Gasteiger partial charge in [-0.25, -0.2) is 4.98 Å². The quantitative estimate of drug-likeness (QED) is 0.727. The maximum absolute atomic E-state index is 9.32. The lowest BCUT2D eigenvalue weighted by molar-refractivity contribution is 0.563. The van der Waals surface area contributed by atoms with Crippen LogP contribution in [0.1, 0.15) is 11.1 Å². The molecule has 0 N–H and O–H groups in total. The standard InChI is InChI=1S/C16H13N3O/c1-19(10-12-6-7-20-11-12)16-14(9-17)8-13-4-2-3-5-15(13)18-16/h2-8,11H,10H2,1H3. The number of furan rings is 1. The highest BCUT2D eigenvalue weighted by molar-refractivity contribution is 5.83. The van der Waals surface area contributed by atoms with Gasteiger partial charge in [0.05, 0.1) is 23.6 Å². The number of hydrogen-bond donors (Lipinski definition) is 0. The Kier molecular flexibility index (Phi) is 3.10. The van der Waals surface area contributed by atoms with E-state index in [0.29, 0.717) is 17.9 Å². The van der Waals surface area contributed by atoms with Crippen LogP contribution in [0, 0.1) is 11.3 Å². The Balaban J connectivity index is 2.03. The van der Waals surface area contributed by atoms with Crippen LogP contribution < -0.4 is 4.90 Å². The van der Waals surface area contributed by atoms with E-state index in [1.807, 2.05) is 48.3 Å². The molecule has 0 saturated heterocycles. The van der Waals surface area contributed by atoms with Crippen LogP contribution in [-0.2, 0) is 6.54 Å². The Bertz CT molecular complexity index is 772. The molecular formula is C16H13N3O. The Labute approximate surface area is 116 Å². The Morgan fingerprint density at radius 2 is 2.15 bits per heavy atom. The summed E-state index contributed by atoms with van der Waals surface area (Å²) in [6, 6.07) is 13.8. The SMILES string of the molecule is CN(Cc1ccoc1)c1nc2ccccc2cc1C#N. The third-order valence-corrected chi connectivity index (χ3v) is 3.19. The summed E-state index contributed by atoms with van der Waals surface area (Å²) in [5.74, 6) is 0.687. The molecule has 0 spiro atoms. The van der Waals surface area contributed by atoms with E-state index >= 15 is 0 Å². The number of aromatic nitrogens is 1. The lowest BCUT2D eigenvalue weighted by atomic mass is 10.1. The lowest BCUT2D eigenvalue weighted by Gasteiger charge is -2.19. The summed E-state index contributed by atoms with van der Waals surface area (Å²) >= 11 is 0. The van der Waals surface area contributed by atoms with Crippen LogP contribution in [0.15, 0.2) is 53.3 Å². The third kappa shape index (κ3) is 2.21. The zero-order valence-corrected chi connectivity index (χ0v) is 11.1. The minimum absolute atomic E-state index is 0.578. The second kappa shape index (κ2) is 5.06. The average molecular weight is 263 g/mol. The first-order valence-electron chi connectivity index (χ1n) is 6.30. The molecule has 0 radical (unpaired) electrons. The van der Waals surface area contributed by atoms with Crippen LogP contribution >= 0.6 is 0 Å². The molecular weight excluding hydrogens is 250 g/mol. The van der Waals surface area contributed by atoms with E-state index in [0.717, 1.165) is 16.5 Å². The van der Waals surface area contributed by atoms with Gasteiger partial charge in [-0.1, -0.05) is 18.2 Å². The fourth-order valence-electron chi connectivity index (χ4n) is 2.21. The maximum atomic E-state index is 9.32. The number of nitrogens with zero attached hydrogens (tertiary/aromatic N) is 3. The summed E-state index contributed by atoms with van der Waals surface area (Å²) in [6.45, 7) is 0.649. The van der Waals surface area contributed by atoms with E-state index in [4.69, 9.17) is 4.42 Å². The average Bonchev–Trinajstić information content (AvgIpc) is 2.98. The smallest absolute Gasteiger partial charge is 0.147 e. The number of hydrogen-bond acceptors (Lipinski definition) is 4. The van der Waals surface area contributed by atoms with E-state index in [2.05, 4.69) is 11.1 Å². The van der Waals surface area contributed by atoms with Crippen LogP contribution in [0.4, 0.5) is 5.82 Å². The van der Waals surface area contributed by atoms with Crippen molar-refractivity contribution in [1.82, 2.24) is 4.98 Å². The maximum Gasteiger partial charge on any atom is 0.147 e. The number of nitriles is 1. The predicted octanol–water partition coefficient (Wildman–Crippen LogP) is 3.34. The normalized spacial score (nSPS) is 10.4. The van der Waals surface area contributed by atoms with Crippen molar-refractivity contribution < 1.29 is 4.42 Å². The van der Waals surface area contributed by atoms with Gasteiger partial charge in [-0.05, 0) is 18.2 Å². The molecule has 1 aromatic carbocycles. The lowest BCUT2D eigenvalue weighted by Crippen LogP contribution is -2.18. The van der Waals surface area contributed by atoms with Crippen molar-refractivity contribution in [2.45, 2.75) is 6.54 Å². The number of rotatable bonds is 3. The van der Waals surface area contributed by atoms with E-state index in [9.17, 15) is 5.26 Å². The van der Waals surface area contributed by atoms with Crippen molar-refractivity contribution in [3.05, 3.63) is 60.1 Å². The van der Waals surface area contributed by atoms with Crippen LogP contribution in [-0.4, -0.2) is 12.0 Å². The third-order valence-electron chi connectivity index (χ3n) is 3.19. The highest BCUT2D eigenvalue weighted by Gasteiger charge is 2.11. The molecule has 0 aliphatic carbocycles. The Morgan fingerprint density at radius 1 is 1.30 bits per heavy atom. The zero-order chi connectivity index (χ0) is 13.9. The monoisotopic (exact) mass is 263 g/mol. The molecule has 0 bridgehead atoms. The molecule has 2 aromatic heterocycles. The molecule has 0 fully saturated rings. The second-order valence-electron chi connectivity index (χ2n) is 4.65. The predicted molar refractivity (Wildman–Crippen MR) is 77.3 cm³/mol. The molecule has 0 unspecified atom stereocenters. The fraction of sp³-hybridized carbons (Fsp3) is 0.125. The van der Waals surface area contributed by atoms with Crippen molar-refractivity contribution in [2.24, 2.45) is 0 Å². The van der Waals surface area contributed by atoms with Crippen molar-refractivity contribution in [3.8, 4) is 6.07 Å². The van der Waals surface area contributed by atoms with Gasteiger partial charge in [-0.2, -0.15) is 5.26 Å². The van der Waals surface area contributed by atoms with Crippen molar-refractivity contribution >= 4 is 16.7 Å². The van der Waals surface area contributed by atoms with E-state index in [1.165, 1.54) is 0 Å². The Morgan fingerprint density at radius 3 is 2.90 bits per heavy atom. The summed E-state index contributed by atoms with van der Waals surface area (Å²) in [4.78, 5) is 6.55. The van der Waals surface area contributed by atoms with Gasteiger partial charge in [0.2, 0.25) is 0 Å². The van der Waals surface area contributed by atoms with Crippen LogP contribution in [0.3, 0.4) is 0 Å². The zero-order valence-electron chi connectivity index (χ0n) is 11.1. The first kappa shape index (κ1) is 12.2. The van der Waals surface area contributed by atoms with E-state index < -0.39 is 0 Å². The highest BCUT2D eigenvalue weighted by Crippen LogP contribution is 2.23. The Hall–Kier alpha value is -2.80. The molecule has 4 nitrogen and oxygen atoms in total. The van der Waals surface area contributed by atoms with Crippen LogP contribution in [0.5, 0.6) is 0 Å². The van der Waals surface area contributed by atoms with Crippen molar-refractivity contribution in [2.75, 3.05) is 11.9 Å². The minimum atomic E-state index is 0.578. The van der Waals surface area contributed by atoms with Crippen molar-refractivity contribution in [1.29, 1.82) is 5.26 Å². The summed E-state index contributed by atoms with van der Waals surface area (Å²) in [5.41, 5.74) is 2.52. The van der Waals surface area contributed by atoms with Crippen LogP contribution in [0.2, 0.25) is 0 Å². The van der Waals surface area contributed by atoms with Gasteiger partial charge >= 0.3 is 0 Å². The number of anilines is 1.